The summed E-state index contributed by atoms with van der Waals surface area (Å²) >= 11 is 0. The van der Waals surface area contributed by atoms with Crippen LogP contribution in [0.25, 0.3) is 0 Å². The van der Waals surface area contributed by atoms with E-state index in [1.807, 2.05) is 0 Å². The minimum Gasteiger partial charge on any atom is -0.313 e. The Morgan fingerprint density at radius 2 is 2.50 bits per heavy atom. The van der Waals surface area contributed by atoms with Crippen molar-refractivity contribution in [3.8, 4) is 0 Å². The topological polar surface area (TPSA) is 70.5 Å². The van der Waals surface area contributed by atoms with Gasteiger partial charge in [0, 0.05) is 0 Å². The second-order valence-electron chi connectivity index (χ2n) is 1.93. The normalized spacial score (nSPS) is 13.6. The molecule has 5 heteroatoms. The average molecular weight is 136 g/mol. The first-order chi connectivity index (χ1) is 4.88. The van der Waals surface area contributed by atoms with Crippen molar-refractivity contribution in [2.75, 3.05) is 0 Å². The molecule has 0 bridgehead atoms. The van der Waals surface area contributed by atoms with Gasteiger partial charge in [-0.15, -0.1) is 5.11 Å². The minimum absolute atomic E-state index is 0.144. The summed E-state index contributed by atoms with van der Waals surface area (Å²) in [6.45, 7) is 0.360. The Kier molecular flexibility index (Phi) is 0.913. The molecule has 2 rings (SSSR count). The Morgan fingerprint density at radius 1 is 1.60 bits per heavy atom. The lowest BCUT2D eigenvalue weighted by molar-refractivity contribution is 1.01. The van der Waals surface area contributed by atoms with E-state index < -0.39 is 0 Å². The summed E-state index contributed by atoms with van der Waals surface area (Å²) in [5, 5.41) is 7.31. The maximum Gasteiger partial charge on any atom is 0.258 e. The zero-order chi connectivity index (χ0) is 6.97. The van der Waals surface area contributed by atoms with Gasteiger partial charge in [0.2, 0.25) is 0 Å². The predicted molar refractivity (Wildman–Crippen MR) is 33.1 cm³/mol. The van der Waals surface area contributed by atoms with Crippen molar-refractivity contribution in [3.63, 3.8) is 0 Å². The smallest absolute Gasteiger partial charge is 0.258 e. The van der Waals surface area contributed by atoms with E-state index in [-0.39, 0.29) is 5.56 Å². The molecule has 0 aromatic carbocycles. The summed E-state index contributed by atoms with van der Waals surface area (Å²) in [7, 11) is 0. The lowest BCUT2D eigenvalue weighted by Gasteiger charge is -1.88. The number of fused-ring (bicyclic) bond motifs is 1. The highest BCUT2D eigenvalue weighted by Crippen LogP contribution is 2.18. The molecule has 1 aromatic rings. The SMILES string of the molecule is O=c1[nH]cnc2c1CN=N2. The Morgan fingerprint density at radius 3 is 3.30 bits per heavy atom. The summed E-state index contributed by atoms with van der Waals surface area (Å²) in [4.78, 5) is 17.1. The van der Waals surface area contributed by atoms with Crippen molar-refractivity contribution >= 4 is 5.82 Å². The molecule has 2 heterocycles. The van der Waals surface area contributed by atoms with Crippen LogP contribution in [0.4, 0.5) is 5.82 Å². The number of aromatic nitrogens is 2. The van der Waals surface area contributed by atoms with Crippen molar-refractivity contribution in [1.82, 2.24) is 9.97 Å². The molecule has 10 heavy (non-hydrogen) atoms. The van der Waals surface area contributed by atoms with Crippen molar-refractivity contribution in [3.05, 3.63) is 22.2 Å². The van der Waals surface area contributed by atoms with Gasteiger partial charge >= 0.3 is 0 Å². The second-order valence-corrected chi connectivity index (χ2v) is 1.93. The van der Waals surface area contributed by atoms with Crippen LogP contribution in [0.3, 0.4) is 0 Å². The molecule has 0 saturated carbocycles. The molecule has 0 spiro atoms. The number of rotatable bonds is 0. The second kappa shape index (κ2) is 1.73. The van der Waals surface area contributed by atoms with Crippen LogP contribution < -0.4 is 5.56 Å². The van der Waals surface area contributed by atoms with Crippen LogP contribution in [0.5, 0.6) is 0 Å². The summed E-state index contributed by atoms with van der Waals surface area (Å²) in [5.41, 5.74) is 0.414. The monoisotopic (exact) mass is 136 g/mol. The van der Waals surface area contributed by atoms with Crippen LogP contribution in [-0.2, 0) is 6.54 Å². The fourth-order valence-corrected chi connectivity index (χ4v) is 0.820. The third-order valence-electron chi connectivity index (χ3n) is 1.32. The highest BCUT2D eigenvalue weighted by atomic mass is 16.1. The molecule has 0 aliphatic carbocycles. The molecule has 1 aliphatic rings. The zero-order valence-corrected chi connectivity index (χ0v) is 5.03. The predicted octanol–water partition coefficient (Wildman–Crippen LogP) is 0.367. The maximum atomic E-state index is 10.9. The number of aromatic amines is 1. The molecule has 0 fully saturated rings. The van der Waals surface area contributed by atoms with Gasteiger partial charge in [0.25, 0.3) is 5.56 Å². The number of nitrogens with zero attached hydrogens (tertiary/aromatic N) is 3. The number of azo groups is 1. The third-order valence-corrected chi connectivity index (χ3v) is 1.32. The van der Waals surface area contributed by atoms with E-state index in [1.54, 1.807) is 0 Å². The van der Waals surface area contributed by atoms with E-state index in [0.29, 0.717) is 17.9 Å². The molecular formula is C5H4N4O. The summed E-state index contributed by atoms with van der Waals surface area (Å²) in [6, 6.07) is 0. The van der Waals surface area contributed by atoms with Crippen molar-refractivity contribution in [2.24, 2.45) is 10.2 Å². The summed E-state index contributed by atoms with van der Waals surface area (Å²) in [6.07, 6.45) is 1.32. The van der Waals surface area contributed by atoms with Crippen LogP contribution in [0.1, 0.15) is 5.56 Å². The standard InChI is InChI=1S/C5H4N4O/c10-5-3-1-8-9-4(3)6-2-7-5/h2H,1H2,(H,6,7,10). The molecule has 0 atom stereocenters. The quantitative estimate of drug-likeness (QED) is 0.559. The van der Waals surface area contributed by atoms with Crippen LogP contribution in [0.15, 0.2) is 21.4 Å². The van der Waals surface area contributed by atoms with E-state index >= 15 is 0 Å². The molecule has 0 saturated heterocycles. The van der Waals surface area contributed by atoms with E-state index in [0.717, 1.165) is 0 Å². The van der Waals surface area contributed by atoms with Gasteiger partial charge < -0.3 is 4.98 Å². The van der Waals surface area contributed by atoms with Crippen molar-refractivity contribution < 1.29 is 0 Å². The minimum atomic E-state index is -0.144. The Balaban J connectivity index is 2.77. The van der Waals surface area contributed by atoms with Gasteiger partial charge in [0.05, 0.1) is 18.4 Å². The van der Waals surface area contributed by atoms with E-state index in [9.17, 15) is 4.79 Å². The molecule has 1 aliphatic heterocycles. The molecule has 5 nitrogen and oxygen atoms in total. The molecule has 0 unspecified atom stereocenters. The lowest BCUT2D eigenvalue weighted by atomic mass is 10.3. The van der Waals surface area contributed by atoms with E-state index in [2.05, 4.69) is 20.2 Å². The molecule has 0 amide bonds. The zero-order valence-electron chi connectivity index (χ0n) is 5.03. The van der Waals surface area contributed by atoms with E-state index in [1.165, 1.54) is 6.33 Å². The Labute approximate surface area is 55.8 Å². The van der Waals surface area contributed by atoms with E-state index in [4.69, 9.17) is 0 Å². The van der Waals surface area contributed by atoms with Crippen molar-refractivity contribution in [2.45, 2.75) is 6.54 Å². The first-order valence-corrected chi connectivity index (χ1v) is 2.82. The van der Waals surface area contributed by atoms with Gasteiger partial charge in [-0.2, -0.15) is 5.11 Å². The first-order valence-electron chi connectivity index (χ1n) is 2.82. The van der Waals surface area contributed by atoms with Crippen molar-refractivity contribution in [1.29, 1.82) is 0 Å². The molecular weight excluding hydrogens is 132 g/mol. The molecule has 1 aromatic heterocycles. The molecule has 1 N–H and O–H groups in total. The van der Waals surface area contributed by atoms with Gasteiger partial charge in [0.15, 0.2) is 5.82 Å². The van der Waals surface area contributed by atoms with Gasteiger partial charge in [-0.3, -0.25) is 4.79 Å². The summed E-state index contributed by atoms with van der Waals surface area (Å²) < 4.78 is 0. The summed E-state index contributed by atoms with van der Waals surface area (Å²) in [5.74, 6) is 0.448. The highest BCUT2D eigenvalue weighted by Gasteiger charge is 2.11. The molecule has 50 valence electrons. The van der Waals surface area contributed by atoms with Crippen LogP contribution >= 0.6 is 0 Å². The average Bonchev–Trinajstić information content (AvgIpc) is 2.36. The van der Waals surface area contributed by atoms with Gasteiger partial charge in [0.1, 0.15) is 0 Å². The third kappa shape index (κ3) is 0.570. The number of H-pyrrole nitrogens is 1. The van der Waals surface area contributed by atoms with Gasteiger partial charge in [-0.25, -0.2) is 4.98 Å². The number of hydrogen-bond donors (Lipinski definition) is 1. The fourth-order valence-electron chi connectivity index (χ4n) is 0.820. The highest BCUT2D eigenvalue weighted by molar-refractivity contribution is 5.37. The fraction of sp³-hybridized carbons (Fsp3) is 0.200. The number of nitrogens with one attached hydrogen (secondary N) is 1. The molecule has 0 radical (unpaired) electrons. The van der Waals surface area contributed by atoms with Crippen LogP contribution in [0, 0.1) is 0 Å². The van der Waals surface area contributed by atoms with Gasteiger partial charge in [-0.1, -0.05) is 0 Å². The Bertz CT molecular complexity index is 340. The van der Waals surface area contributed by atoms with Gasteiger partial charge in [-0.05, 0) is 0 Å². The lowest BCUT2D eigenvalue weighted by Crippen LogP contribution is -2.10. The number of hydrogen-bond acceptors (Lipinski definition) is 4. The Hall–Kier alpha value is -1.52. The largest absolute Gasteiger partial charge is 0.313 e. The maximum absolute atomic E-state index is 10.9. The van der Waals surface area contributed by atoms with Crippen LogP contribution in [0.2, 0.25) is 0 Å². The first kappa shape index (κ1) is 5.28. The van der Waals surface area contributed by atoms with Crippen LogP contribution in [-0.4, -0.2) is 9.97 Å².